The van der Waals surface area contributed by atoms with Crippen LogP contribution in [0.2, 0.25) is 0 Å². The average molecular weight is 355 g/mol. The summed E-state index contributed by atoms with van der Waals surface area (Å²) in [6.07, 6.45) is 4.42. The first-order valence-electron chi connectivity index (χ1n) is 6.42. The zero-order valence-electron chi connectivity index (χ0n) is 12.3. The average Bonchev–Trinajstić information content (AvgIpc) is 2.47. The molecule has 1 aromatic rings. The van der Waals surface area contributed by atoms with Crippen molar-refractivity contribution in [1.82, 2.24) is 10.6 Å². The van der Waals surface area contributed by atoms with Gasteiger partial charge < -0.3 is 20.1 Å². The first kappa shape index (κ1) is 17.3. The maximum atomic E-state index is 11.8. The molecule has 1 aromatic carbocycles. The third kappa shape index (κ3) is 4.96. The highest BCUT2D eigenvalue weighted by Gasteiger charge is 2.19. The van der Waals surface area contributed by atoms with Gasteiger partial charge in [-0.15, -0.1) is 6.42 Å². The lowest BCUT2D eigenvalue weighted by Crippen LogP contribution is -2.36. The molecule has 114 valence electrons. The molecule has 5 nitrogen and oxygen atoms in total. The van der Waals surface area contributed by atoms with Crippen LogP contribution < -0.4 is 20.1 Å². The Labute approximate surface area is 133 Å². The summed E-state index contributed by atoms with van der Waals surface area (Å²) in [5.74, 6) is 3.12. The van der Waals surface area contributed by atoms with Crippen molar-refractivity contribution in [3.63, 3.8) is 0 Å². The summed E-state index contributed by atoms with van der Waals surface area (Å²) in [7, 11) is 3.42. The van der Waals surface area contributed by atoms with Crippen molar-refractivity contribution in [2.24, 2.45) is 0 Å². The molecule has 0 saturated heterocycles. The van der Waals surface area contributed by atoms with Crippen LogP contribution in [0.25, 0.3) is 0 Å². The van der Waals surface area contributed by atoms with Crippen molar-refractivity contribution < 1.29 is 14.3 Å². The fraction of sp³-hybridized carbons (Fsp3) is 0.400. The summed E-state index contributed by atoms with van der Waals surface area (Å²) in [5, 5.41) is 5.64. The molecule has 0 fully saturated rings. The van der Waals surface area contributed by atoms with Gasteiger partial charge in [-0.3, -0.25) is 4.79 Å². The number of ether oxygens (including phenoxy) is 2. The molecule has 1 atom stereocenters. The number of carbonyl (C=O) groups is 1. The maximum absolute atomic E-state index is 11.8. The van der Waals surface area contributed by atoms with Crippen molar-refractivity contribution >= 4 is 21.8 Å². The van der Waals surface area contributed by atoms with Crippen LogP contribution >= 0.6 is 15.9 Å². The normalized spacial score (nSPS) is 11.4. The van der Waals surface area contributed by atoms with Gasteiger partial charge in [-0.1, -0.05) is 5.92 Å². The van der Waals surface area contributed by atoms with Gasteiger partial charge >= 0.3 is 0 Å². The quantitative estimate of drug-likeness (QED) is 0.731. The molecule has 0 radical (unpaired) electrons. The van der Waals surface area contributed by atoms with E-state index in [4.69, 9.17) is 15.9 Å². The number of nitrogens with one attached hydrogen (secondary N) is 2. The molecule has 6 heteroatoms. The van der Waals surface area contributed by atoms with E-state index >= 15 is 0 Å². The van der Waals surface area contributed by atoms with Crippen LogP contribution in [0.15, 0.2) is 16.6 Å². The van der Waals surface area contributed by atoms with E-state index < -0.39 is 6.10 Å². The van der Waals surface area contributed by atoms with Gasteiger partial charge in [0.05, 0.1) is 18.1 Å². The van der Waals surface area contributed by atoms with Crippen LogP contribution in [0.1, 0.15) is 12.5 Å². The van der Waals surface area contributed by atoms with Crippen LogP contribution in [-0.4, -0.2) is 32.7 Å². The van der Waals surface area contributed by atoms with Crippen LogP contribution in [-0.2, 0) is 11.3 Å². The molecule has 0 bridgehead atoms. The molecule has 1 unspecified atom stereocenters. The number of benzene rings is 1. The lowest BCUT2D eigenvalue weighted by Gasteiger charge is -2.18. The van der Waals surface area contributed by atoms with Crippen molar-refractivity contribution in [3.05, 3.63) is 22.2 Å². The highest BCUT2D eigenvalue weighted by molar-refractivity contribution is 9.10. The van der Waals surface area contributed by atoms with Crippen LogP contribution in [0, 0.1) is 12.3 Å². The van der Waals surface area contributed by atoms with E-state index in [0.717, 1.165) is 10.0 Å². The summed E-state index contributed by atoms with van der Waals surface area (Å²) in [6, 6.07) is 3.78. The Morgan fingerprint density at radius 3 is 2.81 bits per heavy atom. The van der Waals surface area contributed by atoms with Crippen LogP contribution in [0.3, 0.4) is 0 Å². The van der Waals surface area contributed by atoms with Crippen molar-refractivity contribution in [2.75, 3.05) is 20.7 Å². The first-order valence-corrected chi connectivity index (χ1v) is 7.21. The summed E-state index contributed by atoms with van der Waals surface area (Å²) in [4.78, 5) is 11.8. The van der Waals surface area contributed by atoms with Gasteiger partial charge in [0.15, 0.2) is 17.6 Å². The standard InChI is InChI=1S/C15H19BrN2O3/c1-5-6-18-15(19)10(2)21-14-12(16)7-11(9-17-3)8-13(14)20-4/h1,7-8,10,17H,6,9H2,2-4H3,(H,18,19). The zero-order valence-corrected chi connectivity index (χ0v) is 13.9. The fourth-order valence-electron chi connectivity index (χ4n) is 1.71. The molecule has 1 rings (SSSR count). The highest BCUT2D eigenvalue weighted by Crippen LogP contribution is 2.37. The Bertz CT molecular complexity index is 540. The summed E-state index contributed by atoms with van der Waals surface area (Å²) >= 11 is 3.44. The minimum Gasteiger partial charge on any atom is -0.493 e. The van der Waals surface area contributed by atoms with E-state index in [2.05, 4.69) is 32.5 Å². The Balaban J connectivity index is 2.92. The number of methoxy groups -OCH3 is 1. The Morgan fingerprint density at radius 1 is 1.52 bits per heavy atom. The summed E-state index contributed by atoms with van der Waals surface area (Å²) < 4.78 is 11.7. The third-order valence-electron chi connectivity index (χ3n) is 2.70. The second-order valence-corrected chi connectivity index (χ2v) is 5.18. The van der Waals surface area contributed by atoms with E-state index in [1.807, 2.05) is 19.2 Å². The Morgan fingerprint density at radius 2 is 2.24 bits per heavy atom. The van der Waals surface area contributed by atoms with Crippen molar-refractivity contribution in [3.8, 4) is 23.8 Å². The molecule has 0 aliphatic heterocycles. The predicted molar refractivity (Wildman–Crippen MR) is 85.4 cm³/mol. The number of hydrogen-bond acceptors (Lipinski definition) is 4. The van der Waals surface area contributed by atoms with Gasteiger partial charge in [-0.25, -0.2) is 0 Å². The zero-order chi connectivity index (χ0) is 15.8. The topological polar surface area (TPSA) is 59.6 Å². The predicted octanol–water partition coefficient (Wildman–Crippen LogP) is 1.69. The third-order valence-corrected chi connectivity index (χ3v) is 3.29. The van der Waals surface area contributed by atoms with Crippen LogP contribution in [0.5, 0.6) is 11.5 Å². The molecule has 0 aliphatic rings. The minimum absolute atomic E-state index is 0.173. The molecule has 0 saturated carbocycles. The molecule has 0 aliphatic carbocycles. The molecule has 0 aromatic heterocycles. The molecule has 2 N–H and O–H groups in total. The molecule has 21 heavy (non-hydrogen) atoms. The smallest absolute Gasteiger partial charge is 0.261 e. The van der Waals surface area contributed by atoms with Gasteiger partial charge in [-0.05, 0) is 47.6 Å². The van der Waals surface area contributed by atoms with E-state index in [0.29, 0.717) is 18.0 Å². The van der Waals surface area contributed by atoms with Crippen LogP contribution in [0.4, 0.5) is 0 Å². The number of amides is 1. The number of hydrogen-bond donors (Lipinski definition) is 2. The first-order chi connectivity index (χ1) is 10.0. The lowest BCUT2D eigenvalue weighted by molar-refractivity contribution is -0.127. The largest absolute Gasteiger partial charge is 0.493 e. The van der Waals surface area contributed by atoms with Gasteiger partial charge in [0, 0.05) is 6.54 Å². The summed E-state index contributed by atoms with van der Waals surface area (Å²) in [6.45, 7) is 2.53. The van der Waals surface area contributed by atoms with Gasteiger partial charge in [0.2, 0.25) is 0 Å². The van der Waals surface area contributed by atoms with Crippen molar-refractivity contribution in [2.45, 2.75) is 19.6 Å². The molecule has 0 spiro atoms. The molecule has 0 heterocycles. The van der Waals surface area contributed by atoms with E-state index in [-0.39, 0.29) is 12.5 Å². The second kappa shape index (κ2) is 8.55. The Hall–Kier alpha value is -1.71. The monoisotopic (exact) mass is 354 g/mol. The SMILES string of the molecule is C#CCNC(=O)C(C)Oc1c(Br)cc(CNC)cc1OC. The number of terminal acetylenes is 1. The highest BCUT2D eigenvalue weighted by atomic mass is 79.9. The van der Waals surface area contributed by atoms with E-state index in [9.17, 15) is 4.79 Å². The number of rotatable bonds is 7. The van der Waals surface area contributed by atoms with Crippen molar-refractivity contribution in [1.29, 1.82) is 0 Å². The van der Waals surface area contributed by atoms with E-state index in [1.54, 1.807) is 14.0 Å². The van der Waals surface area contributed by atoms with Gasteiger partial charge in [0.25, 0.3) is 5.91 Å². The Kier molecular flexibility index (Phi) is 7.06. The van der Waals surface area contributed by atoms with Gasteiger partial charge in [0.1, 0.15) is 0 Å². The fourth-order valence-corrected chi connectivity index (χ4v) is 2.29. The molecule has 1 amide bonds. The lowest BCUT2D eigenvalue weighted by atomic mass is 10.2. The summed E-state index contributed by atoms with van der Waals surface area (Å²) in [5.41, 5.74) is 1.04. The maximum Gasteiger partial charge on any atom is 0.261 e. The second-order valence-electron chi connectivity index (χ2n) is 4.32. The molecular formula is C15H19BrN2O3. The minimum atomic E-state index is -0.682. The van der Waals surface area contributed by atoms with Gasteiger partial charge in [-0.2, -0.15) is 0 Å². The van der Waals surface area contributed by atoms with E-state index in [1.165, 1.54) is 0 Å². The number of carbonyl (C=O) groups excluding carboxylic acids is 1. The number of halogens is 1. The molecular weight excluding hydrogens is 336 g/mol.